The van der Waals surface area contributed by atoms with E-state index in [-0.39, 0.29) is 6.04 Å². The van der Waals surface area contributed by atoms with Crippen molar-refractivity contribution in [3.63, 3.8) is 0 Å². The molecule has 5 rings (SSSR count). The van der Waals surface area contributed by atoms with Gasteiger partial charge < -0.3 is 14.0 Å². The summed E-state index contributed by atoms with van der Waals surface area (Å²) in [6, 6.07) is 22.8. The maximum absolute atomic E-state index is 6.14. The number of hydrogen-bond acceptors (Lipinski definition) is 4. The first-order valence-electron chi connectivity index (χ1n) is 10.6. The van der Waals surface area contributed by atoms with Gasteiger partial charge in [0.25, 0.3) is 0 Å². The van der Waals surface area contributed by atoms with E-state index in [0.29, 0.717) is 13.2 Å². The van der Waals surface area contributed by atoms with Crippen LogP contribution in [0.4, 0.5) is 0 Å². The monoisotopic (exact) mass is 411 g/mol. The maximum Gasteiger partial charge on any atom is 0.118 e. The zero-order chi connectivity index (χ0) is 21.0. The van der Waals surface area contributed by atoms with Crippen LogP contribution >= 0.6 is 0 Å². The molecular weight excluding hydrogens is 386 g/mol. The van der Waals surface area contributed by atoms with E-state index in [2.05, 4.69) is 45.9 Å². The highest BCUT2D eigenvalue weighted by atomic mass is 16.5. The Morgan fingerprint density at radius 3 is 2.45 bits per heavy atom. The van der Waals surface area contributed by atoms with Gasteiger partial charge in [0.15, 0.2) is 0 Å². The fourth-order valence-electron chi connectivity index (χ4n) is 4.25. The van der Waals surface area contributed by atoms with E-state index in [0.717, 1.165) is 52.5 Å². The summed E-state index contributed by atoms with van der Waals surface area (Å²) in [4.78, 5) is 9.25. The van der Waals surface area contributed by atoms with Gasteiger partial charge in [0.05, 0.1) is 37.8 Å². The molecule has 0 unspecified atom stereocenters. The van der Waals surface area contributed by atoms with Gasteiger partial charge in [0, 0.05) is 29.9 Å². The molecule has 5 nitrogen and oxygen atoms in total. The van der Waals surface area contributed by atoms with Gasteiger partial charge in [-0.2, -0.15) is 0 Å². The lowest BCUT2D eigenvalue weighted by molar-refractivity contribution is 0.0925. The topological polar surface area (TPSA) is 49.2 Å². The molecule has 0 fully saturated rings. The van der Waals surface area contributed by atoms with E-state index in [1.165, 1.54) is 0 Å². The second-order valence-electron chi connectivity index (χ2n) is 7.75. The van der Waals surface area contributed by atoms with Crippen LogP contribution in [-0.4, -0.2) is 28.3 Å². The first-order chi connectivity index (χ1) is 15.3. The minimum Gasteiger partial charge on any atom is -0.497 e. The van der Waals surface area contributed by atoms with Crippen LogP contribution in [0, 0.1) is 0 Å². The van der Waals surface area contributed by atoms with E-state index >= 15 is 0 Å². The molecular formula is C26H25N3O2. The van der Waals surface area contributed by atoms with Crippen molar-refractivity contribution >= 4 is 0 Å². The second kappa shape index (κ2) is 8.74. The van der Waals surface area contributed by atoms with E-state index in [4.69, 9.17) is 14.5 Å². The number of benzene rings is 2. The molecule has 156 valence electrons. The summed E-state index contributed by atoms with van der Waals surface area (Å²) in [7, 11) is 1.68. The van der Waals surface area contributed by atoms with Gasteiger partial charge in [0.2, 0.25) is 0 Å². The Kier molecular flexibility index (Phi) is 5.50. The standard InChI is InChI=1S/C26H25N3O2/c1-30-23-10-7-19(8-11-23)17-31-18-22-9-12-24-28-25(20-5-3-2-4-6-20)26(29(22)24)21-13-15-27-16-14-21/h2-8,10-11,13-16,22H,9,12,17-18H2,1H3/t22-/m0/s1. The van der Waals surface area contributed by atoms with Crippen molar-refractivity contribution in [2.45, 2.75) is 25.5 Å². The van der Waals surface area contributed by atoms with Crippen molar-refractivity contribution < 1.29 is 9.47 Å². The SMILES string of the molecule is COc1ccc(COC[C@@H]2CCc3nc(-c4ccccc4)c(-c4ccncc4)n32)cc1. The number of methoxy groups -OCH3 is 1. The lowest BCUT2D eigenvalue weighted by atomic mass is 10.0. The van der Waals surface area contributed by atoms with Crippen LogP contribution in [0.5, 0.6) is 5.75 Å². The molecule has 0 amide bonds. The van der Waals surface area contributed by atoms with Gasteiger partial charge in [-0.05, 0) is 36.2 Å². The number of rotatable bonds is 7. The van der Waals surface area contributed by atoms with E-state index < -0.39 is 0 Å². The lowest BCUT2D eigenvalue weighted by Gasteiger charge is -2.18. The number of pyridine rings is 1. The highest BCUT2D eigenvalue weighted by molar-refractivity contribution is 5.79. The molecule has 0 spiro atoms. The van der Waals surface area contributed by atoms with Crippen LogP contribution < -0.4 is 4.74 Å². The van der Waals surface area contributed by atoms with Crippen molar-refractivity contribution in [1.29, 1.82) is 0 Å². The Morgan fingerprint density at radius 1 is 0.935 bits per heavy atom. The summed E-state index contributed by atoms with van der Waals surface area (Å²) in [5, 5.41) is 0. The summed E-state index contributed by atoms with van der Waals surface area (Å²) in [6.45, 7) is 1.24. The zero-order valence-electron chi connectivity index (χ0n) is 17.6. The molecule has 2 aromatic carbocycles. The number of imidazole rings is 1. The highest BCUT2D eigenvalue weighted by Gasteiger charge is 2.30. The molecule has 5 heteroatoms. The third-order valence-corrected chi connectivity index (χ3v) is 5.79. The predicted molar refractivity (Wildman–Crippen MR) is 121 cm³/mol. The number of nitrogens with zero attached hydrogens (tertiary/aromatic N) is 3. The molecule has 31 heavy (non-hydrogen) atoms. The number of aryl methyl sites for hydroxylation is 1. The molecule has 0 aliphatic carbocycles. The zero-order valence-corrected chi connectivity index (χ0v) is 17.6. The molecule has 0 saturated heterocycles. The van der Waals surface area contributed by atoms with Crippen molar-refractivity contribution in [2.75, 3.05) is 13.7 Å². The predicted octanol–water partition coefficient (Wildman–Crippen LogP) is 5.32. The van der Waals surface area contributed by atoms with Gasteiger partial charge >= 0.3 is 0 Å². The summed E-state index contributed by atoms with van der Waals surface area (Å²) in [5.74, 6) is 1.99. The largest absolute Gasteiger partial charge is 0.497 e. The molecule has 0 saturated carbocycles. The Labute approximate surface area is 182 Å². The van der Waals surface area contributed by atoms with Crippen LogP contribution in [0.25, 0.3) is 22.5 Å². The molecule has 1 atom stereocenters. The molecule has 3 heterocycles. The smallest absolute Gasteiger partial charge is 0.118 e. The van der Waals surface area contributed by atoms with Gasteiger partial charge in [-0.1, -0.05) is 42.5 Å². The van der Waals surface area contributed by atoms with E-state index in [1.54, 1.807) is 7.11 Å². The second-order valence-corrected chi connectivity index (χ2v) is 7.75. The van der Waals surface area contributed by atoms with E-state index in [1.807, 2.05) is 42.7 Å². The minimum absolute atomic E-state index is 0.265. The van der Waals surface area contributed by atoms with Crippen LogP contribution in [0.3, 0.4) is 0 Å². The van der Waals surface area contributed by atoms with Gasteiger partial charge in [-0.15, -0.1) is 0 Å². The third kappa shape index (κ3) is 3.97. The van der Waals surface area contributed by atoms with Crippen molar-refractivity contribution in [1.82, 2.24) is 14.5 Å². The van der Waals surface area contributed by atoms with Crippen LogP contribution in [-0.2, 0) is 17.8 Å². The molecule has 4 aromatic rings. The number of hydrogen-bond donors (Lipinski definition) is 0. The number of fused-ring (bicyclic) bond motifs is 1. The molecule has 2 aromatic heterocycles. The van der Waals surface area contributed by atoms with Crippen molar-refractivity contribution in [3.05, 3.63) is 90.5 Å². The maximum atomic E-state index is 6.14. The lowest BCUT2D eigenvalue weighted by Crippen LogP contribution is -2.13. The van der Waals surface area contributed by atoms with Gasteiger partial charge in [-0.25, -0.2) is 4.98 Å². The number of ether oxygens (including phenoxy) is 2. The Balaban J connectivity index is 1.42. The number of aromatic nitrogens is 3. The summed E-state index contributed by atoms with van der Waals surface area (Å²) < 4.78 is 13.8. The fourth-order valence-corrected chi connectivity index (χ4v) is 4.25. The van der Waals surface area contributed by atoms with Gasteiger partial charge in [-0.3, -0.25) is 4.98 Å². The fraction of sp³-hybridized carbons (Fsp3) is 0.231. The summed E-state index contributed by atoms with van der Waals surface area (Å²) in [6.07, 6.45) is 5.68. The highest BCUT2D eigenvalue weighted by Crippen LogP contribution is 2.39. The molecule has 1 aliphatic heterocycles. The average Bonchev–Trinajstić information content (AvgIpc) is 3.40. The van der Waals surface area contributed by atoms with E-state index in [9.17, 15) is 0 Å². The summed E-state index contributed by atoms with van der Waals surface area (Å²) >= 11 is 0. The molecule has 0 N–H and O–H groups in total. The quantitative estimate of drug-likeness (QED) is 0.413. The third-order valence-electron chi connectivity index (χ3n) is 5.79. The van der Waals surface area contributed by atoms with Crippen LogP contribution in [0.1, 0.15) is 23.9 Å². The minimum atomic E-state index is 0.265. The van der Waals surface area contributed by atoms with Crippen molar-refractivity contribution in [3.8, 4) is 28.3 Å². The molecule has 0 bridgehead atoms. The molecule has 1 aliphatic rings. The van der Waals surface area contributed by atoms with Crippen molar-refractivity contribution in [2.24, 2.45) is 0 Å². The Hall–Kier alpha value is -3.44. The Bertz CT molecular complexity index is 1140. The summed E-state index contributed by atoms with van der Waals surface area (Å²) in [5.41, 5.74) is 5.59. The van der Waals surface area contributed by atoms with Gasteiger partial charge in [0.1, 0.15) is 11.6 Å². The average molecular weight is 412 g/mol. The van der Waals surface area contributed by atoms with Crippen LogP contribution in [0.15, 0.2) is 79.1 Å². The Morgan fingerprint density at radius 2 is 1.71 bits per heavy atom. The normalized spacial score (nSPS) is 15.1. The van der Waals surface area contributed by atoms with Crippen LogP contribution in [0.2, 0.25) is 0 Å². The molecule has 0 radical (unpaired) electrons. The first kappa shape index (κ1) is 19.5. The first-order valence-corrected chi connectivity index (χ1v) is 10.6.